The lowest BCUT2D eigenvalue weighted by Gasteiger charge is -2.32. The minimum absolute atomic E-state index is 0.140. The number of nitrogens with one attached hydrogen (secondary N) is 1. The lowest BCUT2D eigenvalue weighted by atomic mass is 10.0. The molecule has 1 N–H and O–H groups in total. The molecule has 1 unspecified atom stereocenters. The predicted octanol–water partition coefficient (Wildman–Crippen LogP) is 5.70. The van der Waals surface area contributed by atoms with Gasteiger partial charge in [-0.05, 0) is 29.7 Å². The molecule has 0 saturated carbocycles. The first-order valence-corrected chi connectivity index (χ1v) is 11.8. The van der Waals surface area contributed by atoms with E-state index in [0.29, 0.717) is 28.6 Å². The van der Waals surface area contributed by atoms with Crippen LogP contribution in [0.1, 0.15) is 30.0 Å². The number of amides is 2. The van der Waals surface area contributed by atoms with Crippen molar-refractivity contribution in [2.45, 2.75) is 38.8 Å². The van der Waals surface area contributed by atoms with Gasteiger partial charge in [-0.15, -0.1) is 0 Å². The molecule has 0 heterocycles. The number of halogens is 2. The number of hydrogen-bond acceptors (Lipinski definition) is 2. The Labute approximate surface area is 205 Å². The number of nitrogens with zero attached hydrogens (tertiary/aromatic N) is 1. The summed E-state index contributed by atoms with van der Waals surface area (Å²) in [6.45, 7) is 2.67. The fraction of sp³-hybridized carbons (Fsp3) is 0.259. The molecule has 33 heavy (non-hydrogen) atoms. The second-order valence-corrected chi connectivity index (χ2v) is 8.70. The molecular weight excluding hydrogens is 455 g/mol. The first-order chi connectivity index (χ1) is 16.0. The van der Waals surface area contributed by atoms with Gasteiger partial charge in [0.25, 0.3) is 0 Å². The van der Waals surface area contributed by atoms with Gasteiger partial charge in [0, 0.05) is 35.1 Å². The second-order valence-electron chi connectivity index (χ2n) is 7.88. The van der Waals surface area contributed by atoms with E-state index in [1.54, 1.807) is 23.1 Å². The van der Waals surface area contributed by atoms with E-state index in [4.69, 9.17) is 23.2 Å². The summed E-state index contributed by atoms with van der Waals surface area (Å²) in [5.74, 6) is -0.352. The van der Waals surface area contributed by atoms with Crippen molar-refractivity contribution in [1.82, 2.24) is 10.2 Å². The van der Waals surface area contributed by atoms with Crippen molar-refractivity contribution in [2.75, 3.05) is 6.54 Å². The van der Waals surface area contributed by atoms with Crippen LogP contribution < -0.4 is 5.32 Å². The third-order valence-electron chi connectivity index (χ3n) is 5.41. The molecule has 0 aliphatic carbocycles. The van der Waals surface area contributed by atoms with Gasteiger partial charge < -0.3 is 10.2 Å². The largest absolute Gasteiger partial charge is 0.354 e. The van der Waals surface area contributed by atoms with Gasteiger partial charge in [-0.2, -0.15) is 0 Å². The van der Waals surface area contributed by atoms with Crippen molar-refractivity contribution in [2.24, 2.45) is 0 Å². The highest BCUT2D eigenvalue weighted by molar-refractivity contribution is 6.36. The standard InChI is InChI=1S/C27H28Cl2N2O2/c1-2-16-30-27(33)25(17-20-10-5-3-6-11-20)31(19-22-23(28)14-9-15-24(22)29)26(32)18-21-12-7-4-8-13-21/h3-15,25H,2,16-19H2,1H3,(H,30,33). The summed E-state index contributed by atoms with van der Waals surface area (Å²) in [6.07, 6.45) is 1.37. The van der Waals surface area contributed by atoms with E-state index in [9.17, 15) is 9.59 Å². The molecule has 2 amide bonds. The molecule has 3 aromatic carbocycles. The molecule has 0 spiro atoms. The number of benzene rings is 3. The molecule has 3 aromatic rings. The number of rotatable bonds is 10. The summed E-state index contributed by atoms with van der Waals surface area (Å²) in [5, 5.41) is 3.90. The van der Waals surface area contributed by atoms with Crippen LogP contribution in [-0.2, 0) is 29.0 Å². The van der Waals surface area contributed by atoms with E-state index in [1.165, 1.54) is 0 Å². The zero-order chi connectivity index (χ0) is 23.6. The molecule has 0 bridgehead atoms. The second kappa shape index (κ2) is 12.4. The molecule has 1 atom stereocenters. The van der Waals surface area contributed by atoms with Crippen molar-refractivity contribution in [3.05, 3.63) is 106 Å². The SMILES string of the molecule is CCCNC(=O)C(Cc1ccccc1)N(Cc1c(Cl)cccc1Cl)C(=O)Cc1ccccc1. The number of carbonyl (C=O) groups excluding carboxylic acids is 2. The van der Waals surface area contributed by atoms with Crippen molar-refractivity contribution in [1.29, 1.82) is 0 Å². The van der Waals surface area contributed by atoms with Crippen molar-refractivity contribution in [3.63, 3.8) is 0 Å². The van der Waals surface area contributed by atoms with Gasteiger partial charge in [-0.1, -0.05) is 96.9 Å². The molecule has 172 valence electrons. The van der Waals surface area contributed by atoms with Crippen LogP contribution in [0.2, 0.25) is 10.0 Å². The van der Waals surface area contributed by atoms with E-state index in [0.717, 1.165) is 17.5 Å². The number of carbonyl (C=O) groups is 2. The smallest absolute Gasteiger partial charge is 0.243 e. The summed E-state index contributed by atoms with van der Waals surface area (Å²) >= 11 is 12.9. The van der Waals surface area contributed by atoms with Crippen LogP contribution in [-0.4, -0.2) is 29.3 Å². The summed E-state index contributed by atoms with van der Waals surface area (Å²) in [5.41, 5.74) is 2.48. The average Bonchev–Trinajstić information content (AvgIpc) is 2.82. The van der Waals surface area contributed by atoms with Crippen LogP contribution in [0.5, 0.6) is 0 Å². The first-order valence-electron chi connectivity index (χ1n) is 11.1. The zero-order valence-electron chi connectivity index (χ0n) is 18.6. The monoisotopic (exact) mass is 482 g/mol. The Morgan fingerprint density at radius 3 is 2.00 bits per heavy atom. The van der Waals surface area contributed by atoms with Crippen LogP contribution >= 0.6 is 23.2 Å². The highest BCUT2D eigenvalue weighted by atomic mass is 35.5. The Kier molecular flexibility index (Phi) is 9.35. The highest BCUT2D eigenvalue weighted by Crippen LogP contribution is 2.27. The molecule has 0 aliphatic heterocycles. The first kappa shape index (κ1) is 24.8. The normalized spacial score (nSPS) is 11.6. The van der Waals surface area contributed by atoms with E-state index >= 15 is 0 Å². The topological polar surface area (TPSA) is 49.4 Å². The fourth-order valence-electron chi connectivity index (χ4n) is 3.65. The lowest BCUT2D eigenvalue weighted by molar-refractivity contribution is -0.140. The van der Waals surface area contributed by atoms with Gasteiger partial charge >= 0.3 is 0 Å². The van der Waals surface area contributed by atoms with Crippen LogP contribution in [0.15, 0.2) is 78.9 Å². The Hall–Kier alpha value is -2.82. The molecule has 0 aliphatic rings. The van der Waals surface area contributed by atoms with Gasteiger partial charge in [-0.25, -0.2) is 0 Å². The molecule has 0 saturated heterocycles. The fourth-order valence-corrected chi connectivity index (χ4v) is 4.16. The van der Waals surface area contributed by atoms with Crippen LogP contribution in [0.25, 0.3) is 0 Å². The maximum atomic E-state index is 13.6. The van der Waals surface area contributed by atoms with Gasteiger partial charge in [0.2, 0.25) is 11.8 Å². The molecule has 6 heteroatoms. The molecule has 0 radical (unpaired) electrons. The number of hydrogen-bond donors (Lipinski definition) is 1. The maximum Gasteiger partial charge on any atom is 0.243 e. The van der Waals surface area contributed by atoms with Crippen molar-refractivity contribution < 1.29 is 9.59 Å². The Morgan fingerprint density at radius 1 is 0.848 bits per heavy atom. The zero-order valence-corrected chi connectivity index (χ0v) is 20.1. The molecule has 0 aromatic heterocycles. The Balaban J connectivity index is 1.99. The van der Waals surface area contributed by atoms with E-state index in [-0.39, 0.29) is 24.8 Å². The quantitative estimate of drug-likeness (QED) is 0.402. The van der Waals surface area contributed by atoms with Crippen molar-refractivity contribution >= 4 is 35.0 Å². The van der Waals surface area contributed by atoms with Gasteiger partial charge in [0.15, 0.2) is 0 Å². The van der Waals surface area contributed by atoms with Gasteiger partial charge in [0.05, 0.1) is 6.42 Å². The average molecular weight is 483 g/mol. The van der Waals surface area contributed by atoms with Crippen LogP contribution in [0, 0.1) is 0 Å². The lowest BCUT2D eigenvalue weighted by Crippen LogP contribution is -2.51. The third kappa shape index (κ3) is 7.08. The molecular formula is C27H28Cl2N2O2. The van der Waals surface area contributed by atoms with E-state index in [2.05, 4.69) is 5.32 Å². The summed E-state index contributed by atoms with van der Waals surface area (Å²) < 4.78 is 0. The maximum absolute atomic E-state index is 13.6. The molecule has 0 fully saturated rings. The minimum Gasteiger partial charge on any atom is -0.354 e. The predicted molar refractivity (Wildman–Crippen MR) is 134 cm³/mol. The van der Waals surface area contributed by atoms with E-state index in [1.807, 2.05) is 67.6 Å². The van der Waals surface area contributed by atoms with Gasteiger partial charge in [-0.3, -0.25) is 9.59 Å². The van der Waals surface area contributed by atoms with Crippen LogP contribution in [0.3, 0.4) is 0 Å². The molecule has 4 nitrogen and oxygen atoms in total. The summed E-state index contributed by atoms with van der Waals surface area (Å²) in [7, 11) is 0. The Morgan fingerprint density at radius 2 is 1.42 bits per heavy atom. The van der Waals surface area contributed by atoms with E-state index < -0.39 is 6.04 Å². The Bertz CT molecular complexity index is 1040. The van der Waals surface area contributed by atoms with Crippen LogP contribution in [0.4, 0.5) is 0 Å². The molecule has 3 rings (SSSR count). The summed E-state index contributed by atoms with van der Waals surface area (Å²) in [6, 6.07) is 23.8. The third-order valence-corrected chi connectivity index (χ3v) is 6.12. The van der Waals surface area contributed by atoms with Crippen molar-refractivity contribution in [3.8, 4) is 0 Å². The highest BCUT2D eigenvalue weighted by Gasteiger charge is 2.31. The van der Waals surface area contributed by atoms with Gasteiger partial charge in [0.1, 0.15) is 6.04 Å². The minimum atomic E-state index is -0.706. The summed E-state index contributed by atoms with van der Waals surface area (Å²) in [4.78, 5) is 28.5.